The minimum Gasteiger partial charge on any atom is -0.278 e. The standard InChI is InChI=1S/C14H8Cl3NO2S3/c15-8-1-2-9(16)12(7-8)23(19,20)18-11-4-6-22-14(11)13-10(17)3-5-21-13/h1-7,18H. The van der Waals surface area contributed by atoms with Gasteiger partial charge in [0.05, 0.1) is 25.5 Å². The molecule has 23 heavy (non-hydrogen) atoms. The molecule has 3 nitrogen and oxygen atoms in total. The lowest BCUT2D eigenvalue weighted by Crippen LogP contribution is -2.13. The van der Waals surface area contributed by atoms with Gasteiger partial charge in [0, 0.05) is 5.02 Å². The van der Waals surface area contributed by atoms with Gasteiger partial charge in [0.15, 0.2) is 0 Å². The van der Waals surface area contributed by atoms with Crippen LogP contribution in [0, 0.1) is 0 Å². The van der Waals surface area contributed by atoms with Gasteiger partial charge in [-0.25, -0.2) is 8.42 Å². The third-order valence-electron chi connectivity index (χ3n) is 2.92. The Balaban J connectivity index is 2.01. The molecule has 2 heterocycles. The SMILES string of the molecule is O=S(=O)(Nc1ccsc1-c1sccc1Cl)c1cc(Cl)ccc1Cl. The molecule has 3 aromatic rings. The summed E-state index contributed by atoms with van der Waals surface area (Å²) in [6.07, 6.45) is 0. The van der Waals surface area contributed by atoms with Gasteiger partial charge >= 0.3 is 0 Å². The number of anilines is 1. The van der Waals surface area contributed by atoms with E-state index >= 15 is 0 Å². The zero-order chi connectivity index (χ0) is 16.6. The van der Waals surface area contributed by atoms with Crippen molar-refractivity contribution in [2.75, 3.05) is 4.72 Å². The second-order valence-corrected chi connectivity index (χ2v) is 9.18. The van der Waals surface area contributed by atoms with E-state index in [1.54, 1.807) is 17.5 Å². The van der Waals surface area contributed by atoms with E-state index in [2.05, 4.69) is 4.72 Å². The zero-order valence-corrected chi connectivity index (χ0v) is 15.9. The molecule has 0 amide bonds. The Hall–Kier alpha value is -0.760. The molecule has 9 heteroatoms. The second-order valence-electron chi connectivity index (χ2n) is 4.44. The van der Waals surface area contributed by atoms with Crippen molar-refractivity contribution >= 4 is 73.2 Å². The first-order valence-corrected chi connectivity index (χ1v) is 10.5. The summed E-state index contributed by atoms with van der Waals surface area (Å²) in [4.78, 5) is 1.50. The maximum absolute atomic E-state index is 12.6. The monoisotopic (exact) mass is 423 g/mol. The highest BCUT2D eigenvalue weighted by Gasteiger charge is 2.21. The lowest BCUT2D eigenvalue weighted by atomic mass is 10.3. The predicted octanol–water partition coefficient (Wildman–Crippen LogP) is 6.24. The molecule has 0 aliphatic rings. The van der Waals surface area contributed by atoms with Crippen molar-refractivity contribution < 1.29 is 8.42 Å². The van der Waals surface area contributed by atoms with E-state index in [1.807, 2.05) is 5.38 Å². The van der Waals surface area contributed by atoms with Gasteiger partial charge in [-0.1, -0.05) is 34.8 Å². The molecule has 120 valence electrons. The molecule has 0 aliphatic carbocycles. The molecule has 0 atom stereocenters. The molecule has 0 saturated carbocycles. The first-order valence-electron chi connectivity index (χ1n) is 6.17. The van der Waals surface area contributed by atoms with Crippen LogP contribution in [0.25, 0.3) is 9.75 Å². The van der Waals surface area contributed by atoms with Crippen LogP contribution in [0.2, 0.25) is 15.1 Å². The zero-order valence-electron chi connectivity index (χ0n) is 11.2. The third kappa shape index (κ3) is 3.52. The third-order valence-corrected chi connectivity index (χ3v) is 7.42. The summed E-state index contributed by atoms with van der Waals surface area (Å²) >= 11 is 20.9. The van der Waals surface area contributed by atoms with Crippen LogP contribution in [-0.2, 0) is 10.0 Å². The summed E-state index contributed by atoms with van der Waals surface area (Å²) in [6, 6.07) is 7.75. The van der Waals surface area contributed by atoms with Gasteiger partial charge in [-0.2, -0.15) is 0 Å². The minimum atomic E-state index is -3.86. The van der Waals surface area contributed by atoms with E-state index in [9.17, 15) is 8.42 Å². The van der Waals surface area contributed by atoms with Crippen LogP contribution in [0.5, 0.6) is 0 Å². The Morgan fingerprint density at radius 2 is 1.57 bits per heavy atom. The number of sulfonamides is 1. The maximum atomic E-state index is 12.6. The van der Waals surface area contributed by atoms with Gasteiger partial charge < -0.3 is 0 Å². The highest BCUT2D eigenvalue weighted by Crippen LogP contribution is 2.42. The topological polar surface area (TPSA) is 46.2 Å². The molecule has 3 rings (SSSR count). The van der Waals surface area contributed by atoms with E-state index in [1.165, 1.54) is 40.9 Å². The molecule has 0 unspecified atom stereocenters. The highest BCUT2D eigenvalue weighted by atomic mass is 35.5. The second kappa shape index (κ2) is 6.63. The van der Waals surface area contributed by atoms with Crippen molar-refractivity contribution in [3.8, 4) is 9.75 Å². The number of thiophene rings is 2. The van der Waals surface area contributed by atoms with Gasteiger partial charge in [0.25, 0.3) is 10.0 Å². The average Bonchev–Trinajstić information content (AvgIpc) is 3.09. The fraction of sp³-hybridized carbons (Fsp3) is 0. The summed E-state index contributed by atoms with van der Waals surface area (Å²) in [5.41, 5.74) is 0.454. The Morgan fingerprint density at radius 1 is 0.870 bits per heavy atom. The van der Waals surface area contributed by atoms with E-state index in [0.29, 0.717) is 15.7 Å². The van der Waals surface area contributed by atoms with Crippen LogP contribution in [0.15, 0.2) is 46.0 Å². The molecule has 0 spiro atoms. The highest BCUT2D eigenvalue weighted by molar-refractivity contribution is 7.92. The van der Waals surface area contributed by atoms with Gasteiger partial charge in [0.1, 0.15) is 4.90 Å². The number of hydrogen-bond donors (Lipinski definition) is 1. The number of halogens is 3. The Labute approximate surface area is 156 Å². The first-order chi connectivity index (χ1) is 10.9. The van der Waals surface area contributed by atoms with Crippen LogP contribution in [0.4, 0.5) is 5.69 Å². The van der Waals surface area contributed by atoms with Crippen LogP contribution < -0.4 is 4.72 Å². The Bertz CT molecular complexity index is 963. The molecule has 0 saturated heterocycles. The van der Waals surface area contributed by atoms with Crippen molar-refractivity contribution in [3.05, 3.63) is 56.2 Å². The summed E-state index contributed by atoms with van der Waals surface area (Å²) in [6.45, 7) is 0. The normalized spacial score (nSPS) is 11.6. The van der Waals surface area contributed by atoms with Crippen LogP contribution >= 0.6 is 57.5 Å². The molecular formula is C14H8Cl3NO2S3. The van der Waals surface area contributed by atoms with Crippen LogP contribution in [0.1, 0.15) is 0 Å². The van der Waals surface area contributed by atoms with Crippen molar-refractivity contribution in [2.45, 2.75) is 4.90 Å². The molecule has 0 bridgehead atoms. The average molecular weight is 425 g/mol. The molecule has 0 fully saturated rings. The molecule has 0 radical (unpaired) electrons. The van der Waals surface area contributed by atoms with Crippen molar-refractivity contribution in [2.24, 2.45) is 0 Å². The fourth-order valence-corrected chi connectivity index (χ4v) is 6.06. The predicted molar refractivity (Wildman–Crippen MR) is 99.9 cm³/mol. The molecular weight excluding hydrogens is 417 g/mol. The fourth-order valence-electron chi connectivity index (χ4n) is 1.90. The van der Waals surface area contributed by atoms with E-state index in [-0.39, 0.29) is 9.92 Å². The van der Waals surface area contributed by atoms with Gasteiger partial charge in [-0.3, -0.25) is 4.72 Å². The van der Waals surface area contributed by atoms with Crippen molar-refractivity contribution in [3.63, 3.8) is 0 Å². The largest absolute Gasteiger partial charge is 0.278 e. The van der Waals surface area contributed by atoms with E-state index < -0.39 is 10.0 Å². The number of benzene rings is 1. The van der Waals surface area contributed by atoms with Gasteiger partial charge in [-0.15, -0.1) is 22.7 Å². The van der Waals surface area contributed by atoms with Crippen LogP contribution in [0.3, 0.4) is 0 Å². The van der Waals surface area contributed by atoms with Crippen LogP contribution in [-0.4, -0.2) is 8.42 Å². The number of rotatable bonds is 4. The first kappa shape index (κ1) is 17.1. The maximum Gasteiger partial charge on any atom is 0.263 e. The summed E-state index contributed by atoms with van der Waals surface area (Å²) in [5.74, 6) is 0. The lowest BCUT2D eigenvalue weighted by molar-refractivity contribution is 0.601. The van der Waals surface area contributed by atoms with Gasteiger partial charge in [0.2, 0.25) is 0 Å². The molecule has 2 aromatic heterocycles. The molecule has 1 aromatic carbocycles. The van der Waals surface area contributed by atoms with E-state index in [0.717, 1.165) is 9.75 Å². The van der Waals surface area contributed by atoms with Gasteiger partial charge in [-0.05, 0) is 41.1 Å². The lowest BCUT2D eigenvalue weighted by Gasteiger charge is -2.10. The van der Waals surface area contributed by atoms with E-state index in [4.69, 9.17) is 34.8 Å². The van der Waals surface area contributed by atoms with Crippen molar-refractivity contribution in [1.82, 2.24) is 0 Å². The number of nitrogens with one attached hydrogen (secondary N) is 1. The summed E-state index contributed by atoms with van der Waals surface area (Å²) in [5, 5.41) is 4.62. The minimum absolute atomic E-state index is 0.0684. The Kier molecular flexibility index (Phi) is 4.92. The summed E-state index contributed by atoms with van der Waals surface area (Å²) in [7, 11) is -3.86. The molecule has 0 aliphatic heterocycles. The number of hydrogen-bond acceptors (Lipinski definition) is 4. The summed E-state index contributed by atoms with van der Waals surface area (Å²) < 4.78 is 27.8. The van der Waals surface area contributed by atoms with Crippen molar-refractivity contribution in [1.29, 1.82) is 0 Å². The quantitative estimate of drug-likeness (QED) is 0.539. The molecule has 1 N–H and O–H groups in total. The smallest absolute Gasteiger partial charge is 0.263 e. The Morgan fingerprint density at radius 3 is 2.26 bits per heavy atom.